The van der Waals surface area contributed by atoms with Crippen molar-refractivity contribution in [1.29, 1.82) is 0 Å². The molecule has 0 saturated carbocycles. The van der Waals surface area contributed by atoms with Gasteiger partial charge >= 0.3 is 0 Å². The lowest BCUT2D eigenvalue weighted by Crippen LogP contribution is -3.00. The molecule has 0 bridgehead atoms. The summed E-state index contributed by atoms with van der Waals surface area (Å²) in [5.74, 6) is 0. The summed E-state index contributed by atoms with van der Waals surface area (Å²) >= 11 is 0. The minimum atomic E-state index is 0. The Balaban J connectivity index is 0.00000192. The average molecular weight is 325 g/mol. The van der Waals surface area contributed by atoms with E-state index < -0.39 is 0 Å². The Labute approximate surface area is 144 Å². The van der Waals surface area contributed by atoms with Crippen LogP contribution < -0.4 is 21.9 Å². The Morgan fingerprint density at radius 1 is 0.739 bits per heavy atom. The lowest BCUT2D eigenvalue weighted by molar-refractivity contribution is -0.688. The monoisotopic (exact) mass is 324 g/mol. The van der Waals surface area contributed by atoms with Gasteiger partial charge < -0.3 is 17.3 Å². The minimum absolute atomic E-state index is 0. The summed E-state index contributed by atoms with van der Waals surface area (Å²) in [6, 6.07) is 23.5. The summed E-state index contributed by atoms with van der Waals surface area (Å²) in [5, 5.41) is 0. The molecule has 118 valence electrons. The van der Waals surface area contributed by atoms with E-state index in [1.54, 1.807) is 0 Å². The first-order chi connectivity index (χ1) is 10.7. The SMILES string of the molecule is CN(C)c1ccc(-c2cc[n+](Cc3ccccc3)cc2)cc1.[Cl-]. The van der Waals surface area contributed by atoms with Gasteiger partial charge in [0.2, 0.25) is 0 Å². The van der Waals surface area contributed by atoms with Gasteiger partial charge in [0, 0.05) is 37.5 Å². The van der Waals surface area contributed by atoms with Gasteiger partial charge in [-0.15, -0.1) is 0 Å². The number of halogens is 1. The van der Waals surface area contributed by atoms with Gasteiger partial charge in [-0.05, 0) is 23.3 Å². The lowest BCUT2D eigenvalue weighted by Gasteiger charge is -2.12. The molecule has 2 aromatic carbocycles. The predicted octanol–water partition coefficient (Wildman–Crippen LogP) is 0.759. The molecule has 0 aliphatic heterocycles. The van der Waals surface area contributed by atoms with E-state index in [0.717, 1.165) is 6.54 Å². The van der Waals surface area contributed by atoms with Crippen LogP contribution in [-0.4, -0.2) is 14.1 Å². The van der Waals surface area contributed by atoms with E-state index in [9.17, 15) is 0 Å². The first-order valence-electron chi connectivity index (χ1n) is 7.53. The van der Waals surface area contributed by atoms with E-state index in [1.165, 1.54) is 22.4 Å². The summed E-state index contributed by atoms with van der Waals surface area (Å²) in [6.07, 6.45) is 4.28. The third-order valence-electron chi connectivity index (χ3n) is 3.82. The van der Waals surface area contributed by atoms with Crippen LogP contribution in [0.1, 0.15) is 5.56 Å². The number of pyridine rings is 1. The van der Waals surface area contributed by atoms with Gasteiger partial charge in [-0.3, -0.25) is 0 Å². The number of benzene rings is 2. The Kier molecular flexibility index (Phi) is 5.78. The highest BCUT2D eigenvalue weighted by Crippen LogP contribution is 2.21. The normalized spacial score (nSPS) is 10.0. The van der Waals surface area contributed by atoms with Crippen LogP contribution in [0.2, 0.25) is 0 Å². The van der Waals surface area contributed by atoms with Gasteiger partial charge in [-0.2, -0.15) is 0 Å². The number of hydrogen-bond donors (Lipinski definition) is 0. The fraction of sp³-hybridized carbons (Fsp3) is 0.150. The van der Waals surface area contributed by atoms with E-state index in [1.807, 2.05) is 0 Å². The van der Waals surface area contributed by atoms with Gasteiger partial charge in [0.1, 0.15) is 0 Å². The standard InChI is InChI=1S/C20H21N2.ClH/c1-21(2)20-10-8-18(9-11-20)19-12-14-22(15-13-19)16-17-6-4-3-5-7-17;/h3-15H,16H2,1-2H3;1H/q+1;/p-1. The average Bonchev–Trinajstić information content (AvgIpc) is 2.57. The fourth-order valence-corrected chi connectivity index (χ4v) is 2.50. The Morgan fingerprint density at radius 3 is 1.87 bits per heavy atom. The third-order valence-corrected chi connectivity index (χ3v) is 3.82. The zero-order valence-corrected chi connectivity index (χ0v) is 14.2. The van der Waals surface area contributed by atoms with E-state index >= 15 is 0 Å². The highest BCUT2D eigenvalue weighted by Gasteiger charge is 2.04. The molecule has 0 fully saturated rings. The first kappa shape index (κ1) is 17.0. The van der Waals surface area contributed by atoms with Gasteiger partial charge in [0.15, 0.2) is 18.9 Å². The molecule has 0 spiro atoms. The highest BCUT2D eigenvalue weighted by molar-refractivity contribution is 5.65. The smallest absolute Gasteiger partial charge is 0.173 e. The molecule has 0 unspecified atom stereocenters. The van der Waals surface area contributed by atoms with Crippen LogP contribution in [0.15, 0.2) is 79.1 Å². The summed E-state index contributed by atoms with van der Waals surface area (Å²) in [4.78, 5) is 2.11. The minimum Gasteiger partial charge on any atom is -1.00 e. The van der Waals surface area contributed by atoms with Gasteiger partial charge in [-0.25, -0.2) is 4.57 Å². The summed E-state index contributed by atoms with van der Waals surface area (Å²) < 4.78 is 2.20. The van der Waals surface area contributed by atoms with Crippen molar-refractivity contribution >= 4 is 5.69 Å². The van der Waals surface area contributed by atoms with Gasteiger partial charge in [0.25, 0.3) is 0 Å². The second kappa shape index (κ2) is 7.80. The van der Waals surface area contributed by atoms with E-state index in [4.69, 9.17) is 0 Å². The van der Waals surface area contributed by atoms with Crippen molar-refractivity contribution in [3.05, 3.63) is 84.7 Å². The number of rotatable bonds is 4. The maximum absolute atomic E-state index is 2.20. The Morgan fingerprint density at radius 2 is 1.30 bits per heavy atom. The molecule has 0 aliphatic carbocycles. The predicted molar refractivity (Wildman–Crippen MR) is 91.9 cm³/mol. The molecule has 0 aliphatic rings. The van der Waals surface area contributed by atoms with Crippen molar-refractivity contribution in [3.63, 3.8) is 0 Å². The molecule has 3 heteroatoms. The molecule has 0 radical (unpaired) electrons. The lowest BCUT2D eigenvalue weighted by atomic mass is 10.1. The van der Waals surface area contributed by atoms with Crippen LogP contribution >= 0.6 is 0 Å². The molecule has 0 N–H and O–H groups in total. The largest absolute Gasteiger partial charge is 1.00 e. The molecule has 0 saturated heterocycles. The van der Waals surface area contributed by atoms with Crippen LogP contribution in [0.3, 0.4) is 0 Å². The number of nitrogens with zero attached hydrogens (tertiary/aromatic N) is 2. The van der Waals surface area contributed by atoms with Crippen molar-refractivity contribution in [3.8, 4) is 11.1 Å². The molecular formula is C20H21ClN2. The number of hydrogen-bond acceptors (Lipinski definition) is 1. The maximum atomic E-state index is 2.20. The second-order valence-corrected chi connectivity index (χ2v) is 5.69. The number of anilines is 1. The van der Waals surface area contributed by atoms with Crippen molar-refractivity contribution in [2.75, 3.05) is 19.0 Å². The molecule has 3 aromatic rings. The van der Waals surface area contributed by atoms with E-state index in [-0.39, 0.29) is 12.4 Å². The number of aromatic nitrogens is 1. The molecule has 0 atom stereocenters. The Hall–Kier alpha value is -2.32. The molecule has 23 heavy (non-hydrogen) atoms. The summed E-state index contributed by atoms with van der Waals surface area (Å²) in [6.45, 7) is 0.903. The van der Waals surface area contributed by atoms with Crippen molar-refractivity contribution in [2.24, 2.45) is 0 Å². The van der Waals surface area contributed by atoms with Crippen LogP contribution in [0.5, 0.6) is 0 Å². The third kappa shape index (κ3) is 4.33. The topological polar surface area (TPSA) is 7.12 Å². The zero-order valence-electron chi connectivity index (χ0n) is 13.5. The molecular weight excluding hydrogens is 304 g/mol. The maximum Gasteiger partial charge on any atom is 0.173 e. The first-order valence-corrected chi connectivity index (χ1v) is 7.53. The highest BCUT2D eigenvalue weighted by atomic mass is 35.5. The molecule has 3 rings (SSSR count). The zero-order chi connectivity index (χ0) is 15.4. The molecule has 2 nitrogen and oxygen atoms in total. The molecule has 1 heterocycles. The molecule has 1 aromatic heterocycles. The van der Waals surface area contributed by atoms with Crippen molar-refractivity contribution in [1.82, 2.24) is 0 Å². The van der Waals surface area contributed by atoms with Gasteiger partial charge in [-0.1, -0.05) is 42.5 Å². The van der Waals surface area contributed by atoms with E-state index in [0.29, 0.717) is 0 Å². The second-order valence-electron chi connectivity index (χ2n) is 5.69. The summed E-state index contributed by atoms with van der Waals surface area (Å²) in [7, 11) is 4.12. The van der Waals surface area contributed by atoms with Gasteiger partial charge in [0.05, 0.1) is 0 Å². The Bertz CT molecular complexity index is 720. The van der Waals surface area contributed by atoms with E-state index in [2.05, 4.69) is 103 Å². The van der Waals surface area contributed by atoms with Crippen molar-refractivity contribution in [2.45, 2.75) is 6.54 Å². The van der Waals surface area contributed by atoms with Crippen LogP contribution in [0.25, 0.3) is 11.1 Å². The van der Waals surface area contributed by atoms with Crippen LogP contribution in [0.4, 0.5) is 5.69 Å². The summed E-state index contributed by atoms with van der Waals surface area (Å²) in [5.41, 5.74) is 5.03. The molecule has 0 amide bonds. The van der Waals surface area contributed by atoms with Crippen LogP contribution in [0, 0.1) is 0 Å². The van der Waals surface area contributed by atoms with Crippen molar-refractivity contribution < 1.29 is 17.0 Å². The fourth-order valence-electron chi connectivity index (χ4n) is 2.50. The quantitative estimate of drug-likeness (QED) is 0.643. The van der Waals surface area contributed by atoms with Crippen LogP contribution in [-0.2, 0) is 6.54 Å².